The Morgan fingerprint density at radius 1 is 0.789 bits per heavy atom. The Morgan fingerprint density at radius 2 is 1.58 bits per heavy atom. The molecule has 3 heterocycles. The van der Waals surface area contributed by atoms with Crippen LogP contribution in [0.5, 0.6) is 0 Å². The van der Waals surface area contributed by atoms with Gasteiger partial charge in [-0.15, -0.1) is 0 Å². The van der Waals surface area contributed by atoms with Gasteiger partial charge in [-0.2, -0.15) is 0 Å². The van der Waals surface area contributed by atoms with Crippen molar-refractivity contribution >= 4 is 59.8 Å². The summed E-state index contributed by atoms with van der Waals surface area (Å²) < 4.78 is 2.59. The van der Waals surface area contributed by atoms with Crippen molar-refractivity contribution in [1.82, 2.24) is 9.38 Å². The molecule has 38 heavy (non-hydrogen) atoms. The molecule has 188 valence electrons. The van der Waals surface area contributed by atoms with Gasteiger partial charge in [0.25, 0.3) is 0 Å². The van der Waals surface area contributed by atoms with E-state index >= 15 is 0 Å². The number of nitrogens with zero attached hydrogens (tertiary/aromatic N) is 2. The van der Waals surface area contributed by atoms with Crippen molar-refractivity contribution in [2.45, 2.75) is 65.7 Å². The molecular weight excluding hydrogens is 460 g/mol. The molecule has 4 aromatic carbocycles. The second-order valence-electron chi connectivity index (χ2n) is 13.0. The summed E-state index contributed by atoms with van der Waals surface area (Å²) >= 11 is 0. The molecule has 3 aromatic heterocycles. The van der Waals surface area contributed by atoms with Crippen LogP contribution in [0.4, 0.5) is 0 Å². The van der Waals surface area contributed by atoms with Crippen LogP contribution in [0.2, 0.25) is 0 Å². The van der Waals surface area contributed by atoms with E-state index in [0.29, 0.717) is 5.92 Å². The van der Waals surface area contributed by atoms with E-state index in [-0.39, 0.29) is 5.41 Å². The normalized spacial score (nSPS) is 15.5. The van der Waals surface area contributed by atoms with Gasteiger partial charge in [0.05, 0.1) is 22.1 Å². The standard InChI is InChI=1S/C36H34N2/c1-21-27-12-9-22(20-36(2,3)4)17-26(27)18-30-33-32-24(15-16-37-33)10-14-29-28-13-11-25(23-7-5-6-8-23)19-31(28)38(34(21)30)35(29)32/h9-19,23H,5-8,20H2,1-4H3. The summed E-state index contributed by atoms with van der Waals surface area (Å²) in [6, 6.07) is 23.6. The Labute approximate surface area is 223 Å². The SMILES string of the molecule is Cc1c2ccc(CC(C)(C)C)cc2cc2c3nccc4ccc5c6ccc(C7CCCC7)cc6n(c12)c5c43. The van der Waals surface area contributed by atoms with Gasteiger partial charge in [-0.25, -0.2) is 0 Å². The molecule has 1 saturated carbocycles. The van der Waals surface area contributed by atoms with E-state index in [1.54, 1.807) is 0 Å². The van der Waals surface area contributed by atoms with Gasteiger partial charge in [-0.05, 0) is 88.6 Å². The fourth-order valence-electron chi connectivity index (χ4n) is 7.55. The Bertz CT molecular complexity index is 2040. The van der Waals surface area contributed by atoms with Gasteiger partial charge < -0.3 is 4.40 Å². The molecule has 0 amide bonds. The molecule has 2 heteroatoms. The number of aromatic nitrogens is 2. The monoisotopic (exact) mass is 494 g/mol. The molecule has 2 nitrogen and oxygen atoms in total. The molecule has 0 saturated heterocycles. The van der Waals surface area contributed by atoms with Crippen molar-refractivity contribution in [3.8, 4) is 0 Å². The number of pyridine rings is 2. The van der Waals surface area contributed by atoms with Crippen molar-refractivity contribution in [3.05, 3.63) is 83.6 Å². The Kier molecular flexibility index (Phi) is 4.52. The molecule has 0 radical (unpaired) electrons. The van der Waals surface area contributed by atoms with Crippen LogP contribution in [0.1, 0.15) is 69.1 Å². The number of hydrogen-bond acceptors (Lipinski definition) is 1. The maximum absolute atomic E-state index is 5.03. The largest absolute Gasteiger partial charge is 0.308 e. The predicted molar refractivity (Wildman–Crippen MR) is 163 cm³/mol. The average Bonchev–Trinajstić information content (AvgIpc) is 3.54. The molecular formula is C36H34N2. The van der Waals surface area contributed by atoms with E-state index < -0.39 is 0 Å². The summed E-state index contributed by atoms with van der Waals surface area (Å²) in [7, 11) is 0. The summed E-state index contributed by atoms with van der Waals surface area (Å²) in [5.41, 5.74) is 9.62. The van der Waals surface area contributed by atoms with E-state index in [2.05, 4.69) is 92.8 Å². The van der Waals surface area contributed by atoms with Crippen molar-refractivity contribution in [1.29, 1.82) is 0 Å². The molecule has 7 aromatic rings. The van der Waals surface area contributed by atoms with Gasteiger partial charge in [0.15, 0.2) is 0 Å². The van der Waals surface area contributed by atoms with Crippen LogP contribution in [-0.2, 0) is 6.42 Å². The minimum absolute atomic E-state index is 0.260. The number of benzene rings is 4. The van der Waals surface area contributed by atoms with E-state index in [9.17, 15) is 0 Å². The zero-order valence-corrected chi connectivity index (χ0v) is 22.9. The van der Waals surface area contributed by atoms with Crippen LogP contribution in [0.3, 0.4) is 0 Å². The number of rotatable bonds is 2. The molecule has 0 aliphatic heterocycles. The van der Waals surface area contributed by atoms with E-state index in [1.807, 2.05) is 6.20 Å². The maximum atomic E-state index is 5.03. The highest BCUT2D eigenvalue weighted by Crippen LogP contribution is 2.44. The van der Waals surface area contributed by atoms with E-state index in [4.69, 9.17) is 4.98 Å². The average molecular weight is 495 g/mol. The maximum Gasteiger partial charge on any atom is 0.0823 e. The Hall–Kier alpha value is -3.65. The van der Waals surface area contributed by atoms with Crippen LogP contribution >= 0.6 is 0 Å². The highest BCUT2D eigenvalue weighted by molar-refractivity contribution is 6.28. The summed E-state index contributed by atoms with van der Waals surface area (Å²) in [5, 5.41) is 9.18. The lowest BCUT2D eigenvalue weighted by Gasteiger charge is -2.19. The number of fused-ring (bicyclic) bond motifs is 7. The number of hydrogen-bond donors (Lipinski definition) is 0. The zero-order chi connectivity index (χ0) is 25.8. The fourth-order valence-corrected chi connectivity index (χ4v) is 7.55. The molecule has 0 unspecified atom stereocenters. The topological polar surface area (TPSA) is 17.3 Å². The van der Waals surface area contributed by atoms with Gasteiger partial charge in [0, 0.05) is 27.7 Å². The first kappa shape index (κ1) is 22.3. The van der Waals surface area contributed by atoms with Crippen LogP contribution in [0, 0.1) is 12.3 Å². The van der Waals surface area contributed by atoms with E-state index in [1.165, 1.54) is 96.6 Å². The minimum Gasteiger partial charge on any atom is -0.308 e. The number of aryl methyl sites for hydroxylation is 1. The minimum atomic E-state index is 0.260. The summed E-state index contributed by atoms with van der Waals surface area (Å²) in [6.45, 7) is 9.27. The molecule has 1 aliphatic rings. The first-order valence-electron chi connectivity index (χ1n) is 14.3. The van der Waals surface area contributed by atoms with Crippen molar-refractivity contribution < 1.29 is 0 Å². The van der Waals surface area contributed by atoms with Gasteiger partial charge >= 0.3 is 0 Å². The molecule has 0 atom stereocenters. The van der Waals surface area contributed by atoms with Crippen molar-refractivity contribution in [2.24, 2.45) is 5.41 Å². The quantitative estimate of drug-likeness (QED) is 0.173. The smallest absolute Gasteiger partial charge is 0.0823 e. The highest BCUT2D eigenvalue weighted by atomic mass is 14.9. The third-order valence-corrected chi connectivity index (χ3v) is 9.15. The third-order valence-electron chi connectivity index (χ3n) is 9.15. The summed E-state index contributed by atoms with van der Waals surface area (Å²) in [6.07, 6.45) is 8.41. The van der Waals surface area contributed by atoms with Crippen molar-refractivity contribution in [2.75, 3.05) is 0 Å². The van der Waals surface area contributed by atoms with Crippen LogP contribution in [0.15, 0.2) is 66.9 Å². The van der Waals surface area contributed by atoms with E-state index in [0.717, 1.165) is 11.9 Å². The van der Waals surface area contributed by atoms with Crippen LogP contribution in [-0.4, -0.2) is 9.38 Å². The lowest BCUT2D eigenvalue weighted by Crippen LogP contribution is -2.09. The van der Waals surface area contributed by atoms with Gasteiger partial charge in [0.1, 0.15) is 0 Å². The Balaban J connectivity index is 1.56. The second-order valence-corrected chi connectivity index (χ2v) is 13.0. The van der Waals surface area contributed by atoms with Gasteiger partial charge in [-0.1, -0.05) is 76.1 Å². The third kappa shape index (κ3) is 3.10. The van der Waals surface area contributed by atoms with Gasteiger partial charge in [-0.3, -0.25) is 4.98 Å². The lowest BCUT2D eigenvalue weighted by molar-refractivity contribution is 0.411. The molecule has 8 rings (SSSR count). The molecule has 0 N–H and O–H groups in total. The summed E-state index contributed by atoms with van der Waals surface area (Å²) in [4.78, 5) is 5.03. The first-order chi connectivity index (χ1) is 18.4. The van der Waals surface area contributed by atoms with Crippen molar-refractivity contribution in [3.63, 3.8) is 0 Å². The van der Waals surface area contributed by atoms with Crippen LogP contribution < -0.4 is 0 Å². The molecule has 0 spiro atoms. The Morgan fingerprint density at radius 3 is 2.39 bits per heavy atom. The van der Waals surface area contributed by atoms with Gasteiger partial charge in [0.2, 0.25) is 0 Å². The molecule has 0 bridgehead atoms. The lowest BCUT2D eigenvalue weighted by atomic mass is 9.87. The predicted octanol–water partition coefficient (Wildman–Crippen LogP) is 10.1. The zero-order valence-electron chi connectivity index (χ0n) is 22.9. The molecule has 1 aliphatic carbocycles. The fraction of sp³-hybridized carbons (Fsp3) is 0.306. The van der Waals surface area contributed by atoms with Crippen LogP contribution in [0.25, 0.3) is 59.8 Å². The highest BCUT2D eigenvalue weighted by Gasteiger charge is 2.23. The summed E-state index contributed by atoms with van der Waals surface area (Å²) in [5.74, 6) is 0.696. The first-order valence-corrected chi connectivity index (χ1v) is 14.3. The second kappa shape index (κ2) is 7.69. The molecule has 1 fully saturated rings.